The standard InChI is InChI=1S/C26H22FN3O2/c1-17-3-2-4-21(15-17)25-29-28-24(32-25)19-7-9-20(10-8-19)26(31)30(23-13-14-23)16-18-5-11-22(27)12-6-18/h2-12,15,23H,13-14,16H2,1H3. The van der Waals surface area contributed by atoms with Crippen LogP contribution >= 0.6 is 0 Å². The minimum absolute atomic E-state index is 0.0330. The normalized spacial score (nSPS) is 13.2. The average molecular weight is 427 g/mol. The van der Waals surface area contributed by atoms with E-state index in [1.807, 2.05) is 48.2 Å². The van der Waals surface area contributed by atoms with Crippen LogP contribution in [-0.4, -0.2) is 27.0 Å². The topological polar surface area (TPSA) is 59.2 Å². The Labute approximate surface area is 185 Å². The van der Waals surface area contributed by atoms with Gasteiger partial charge < -0.3 is 9.32 Å². The number of hydrogen-bond donors (Lipinski definition) is 0. The van der Waals surface area contributed by atoms with Gasteiger partial charge in [0.2, 0.25) is 11.8 Å². The minimum atomic E-state index is -0.278. The first-order valence-corrected chi connectivity index (χ1v) is 10.6. The maximum atomic E-state index is 13.2. The molecule has 0 spiro atoms. The lowest BCUT2D eigenvalue weighted by molar-refractivity contribution is 0.0730. The number of hydrogen-bond acceptors (Lipinski definition) is 4. The van der Waals surface area contributed by atoms with E-state index in [0.717, 1.165) is 35.1 Å². The van der Waals surface area contributed by atoms with E-state index < -0.39 is 0 Å². The Morgan fingerprint density at radius 3 is 2.31 bits per heavy atom. The molecule has 1 amide bonds. The van der Waals surface area contributed by atoms with Crippen LogP contribution in [0.1, 0.15) is 34.3 Å². The molecule has 3 aromatic carbocycles. The van der Waals surface area contributed by atoms with Crippen LogP contribution in [0.25, 0.3) is 22.9 Å². The van der Waals surface area contributed by atoms with Gasteiger partial charge >= 0.3 is 0 Å². The maximum Gasteiger partial charge on any atom is 0.254 e. The van der Waals surface area contributed by atoms with Crippen LogP contribution < -0.4 is 0 Å². The Bertz CT molecular complexity index is 1240. The lowest BCUT2D eigenvalue weighted by atomic mass is 10.1. The Morgan fingerprint density at radius 2 is 1.66 bits per heavy atom. The van der Waals surface area contributed by atoms with E-state index in [9.17, 15) is 9.18 Å². The fourth-order valence-corrected chi connectivity index (χ4v) is 3.70. The predicted octanol–water partition coefficient (Wildman–Crippen LogP) is 5.66. The van der Waals surface area contributed by atoms with E-state index in [4.69, 9.17) is 4.42 Å². The molecule has 1 fully saturated rings. The summed E-state index contributed by atoms with van der Waals surface area (Å²) in [5.41, 5.74) is 4.26. The Balaban J connectivity index is 1.33. The number of halogens is 1. The summed E-state index contributed by atoms with van der Waals surface area (Å²) in [5, 5.41) is 8.32. The number of rotatable bonds is 6. The van der Waals surface area contributed by atoms with E-state index >= 15 is 0 Å². The third-order valence-corrected chi connectivity index (χ3v) is 5.58. The van der Waals surface area contributed by atoms with Crippen molar-refractivity contribution >= 4 is 5.91 Å². The molecule has 5 rings (SSSR count). The van der Waals surface area contributed by atoms with Crippen molar-refractivity contribution in [1.29, 1.82) is 0 Å². The van der Waals surface area contributed by atoms with E-state index in [1.54, 1.807) is 24.3 Å². The fraction of sp³-hybridized carbons (Fsp3) is 0.192. The van der Waals surface area contributed by atoms with Gasteiger partial charge in [0.05, 0.1) is 0 Å². The number of amides is 1. The minimum Gasteiger partial charge on any atom is -0.416 e. The first-order chi connectivity index (χ1) is 15.6. The zero-order chi connectivity index (χ0) is 22.1. The van der Waals surface area contributed by atoms with Crippen molar-refractivity contribution in [2.45, 2.75) is 32.4 Å². The van der Waals surface area contributed by atoms with Crippen LogP contribution in [0, 0.1) is 12.7 Å². The lowest BCUT2D eigenvalue weighted by Crippen LogP contribution is -2.32. The molecule has 4 aromatic rings. The van der Waals surface area contributed by atoms with Crippen molar-refractivity contribution < 1.29 is 13.6 Å². The van der Waals surface area contributed by atoms with Gasteiger partial charge in [-0.3, -0.25) is 4.79 Å². The number of aromatic nitrogens is 2. The summed E-state index contributed by atoms with van der Waals surface area (Å²) in [7, 11) is 0. The Hall–Kier alpha value is -3.80. The lowest BCUT2D eigenvalue weighted by Gasteiger charge is -2.23. The van der Waals surface area contributed by atoms with Crippen molar-refractivity contribution in [2.75, 3.05) is 0 Å². The summed E-state index contributed by atoms with van der Waals surface area (Å²) in [6, 6.07) is 21.6. The Morgan fingerprint density at radius 1 is 0.969 bits per heavy atom. The largest absolute Gasteiger partial charge is 0.416 e. The highest BCUT2D eigenvalue weighted by Gasteiger charge is 2.33. The zero-order valence-corrected chi connectivity index (χ0v) is 17.7. The van der Waals surface area contributed by atoms with Crippen LogP contribution in [0.3, 0.4) is 0 Å². The van der Waals surface area contributed by atoms with Crippen LogP contribution in [0.2, 0.25) is 0 Å². The van der Waals surface area contributed by atoms with Crippen molar-refractivity contribution in [3.05, 3.63) is 95.3 Å². The molecule has 0 N–H and O–H groups in total. The number of benzene rings is 3. The Kier molecular flexibility index (Phi) is 5.27. The zero-order valence-electron chi connectivity index (χ0n) is 17.7. The average Bonchev–Trinajstić information content (AvgIpc) is 3.53. The molecule has 6 heteroatoms. The summed E-state index contributed by atoms with van der Waals surface area (Å²) in [6.45, 7) is 2.48. The highest BCUT2D eigenvalue weighted by atomic mass is 19.1. The molecule has 5 nitrogen and oxygen atoms in total. The van der Waals surface area contributed by atoms with Crippen molar-refractivity contribution in [3.63, 3.8) is 0 Å². The van der Waals surface area contributed by atoms with Gasteiger partial charge in [0.15, 0.2) is 0 Å². The van der Waals surface area contributed by atoms with E-state index in [0.29, 0.717) is 23.9 Å². The van der Waals surface area contributed by atoms with Crippen molar-refractivity contribution in [3.8, 4) is 22.9 Å². The van der Waals surface area contributed by atoms with Gasteiger partial charge in [-0.1, -0.05) is 29.8 Å². The van der Waals surface area contributed by atoms with Crippen LogP contribution in [0.4, 0.5) is 4.39 Å². The molecule has 0 saturated heterocycles. The highest BCUT2D eigenvalue weighted by molar-refractivity contribution is 5.95. The molecular weight excluding hydrogens is 405 g/mol. The molecule has 0 radical (unpaired) electrons. The smallest absolute Gasteiger partial charge is 0.254 e. The van der Waals surface area contributed by atoms with Crippen molar-refractivity contribution in [1.82, 2.24) is 15.1 Å². The molecule has 0 atom stereocenters. The van der Waals surface area contributed by atoms with Gasteiger partial charge in [-0.2, -0.15) is 0 Å². The summed E-state index contributed by atoms with van der Waals surface area (Å²) >= 11 is 0. The highest BCUT2D eigenvalue weighted by Crippen LogP contribution is 2.31. The van der Waals surface area contributed by atoms with E-state index in [-0.39, 0.29) is 17.8 Å². The number of carbonyl (C=O) groups excluding carboxylic acids is 1. The summed E-state index contributed by atoms with van der Waals surface area (Å²) in [4.78, 5) is 15.0. The van der Waals surface area contributed by atoms with Gasteiger partial charge in [-0.25, -0.2) is 4.39 Å². The molecule has 160 valence electrons. The van der Waals surface area contributed by atoms with Gasteiger partial charge in [-0.05, 0) is 73.9 Å². The first kappa shape index (κ1) is 20.1. The molecule has 1 aliphatic carbocycles. The molecule has 0 unspecified atom stereocenters. The molecule has 1 aromatic heterocycles. The molecule has 0 bridgehead atoms. The predicted molar refractivity (Wildman–Crippen MR) is 119 cm³/mol. The van der Waals surface area contributed by atoms with Gasteiger partial charge in [0.1, 0.15) is 5.82 Å². The number of nitrogens with zero attached hydrogens (tertiary/aromatic N) is 3. The first-order valence-electron chi connectivity index (χ1n) is 10.6. The third kappa shape index (κ3) is 4.30. The maximum absolute atomic E-state index is 13.2. The second-order valence-corrected chi connectivity index (χ2v) is 8.15. The molecular formula is C26H22FN3O2. The second kappa shape index (κ2) is 8.38. The fourth-order valence-electron chi connectivity index (χ4n) is 3.70. The van der Waals surface area contributed by atoms with Gasteiger partial charge in [-0.15, -0.1) is 10.2 Å². The molecule has 32 heavy (non-hydrogen) atoms. The van der Waals surface area contributed by atoms with Gasteiger partial charge in [0.25, 0.3) is 5.91 Å². The second-order valence-electron chi connectivity index (χ2n) is 8.15. The molecule has 1 saturated carbocycles. The summed E-state index contributed by atoms with van der Waals surface area (Å²) in [5.74, 6) is 0.559. The SMILES string of the molecule is Cc1cccc(-c2nnc(-c3ccc(C(=O)N(Cc4ccc(F)cc4)C4CC4)cc3)o2)c1. The summed E-state index contributed by atoms with van der Waals surface area (Å²) < 4.78 is 19.1. The molecule has 1 heterocycles. The van der Waals surface area contributed by atoms with Crippen LogP contribution in [-0.2, 0) is 6.54 Å². The van der Waals surface area contributed by atoms with E-state index in [2.05, 4.69) is 10.2 Å². The van der Waals surface area contributed by atoms with Crippen LogP contribution in [0.5, 0.6) is 0 Å². The number of carbonyl (C=O) groups is 1. The molecule has 0 aliphatic heterocycles. The van der Waals surface area contributed by atoms with E-state index in [1.165, 1.54) is 12.1 Å². The monoisotopic (exact) mass is 427 g/mol. The third-order valence-electron chi connectivity index (χ3n) is 5.58. The van der Waals surface area contributed by atoms with Gasteiger partial charge in [0, 0.05) is 29.3 Å². The number of aryl methyl sites for hydroxylation is 1. The molecule has 1 aliphatic rings. The van der Waals surface area contributed by atoms with Crippen molar-refractivity contribution in [2.24, 2.45) is 0 Å². The van der Waals surface area contributed by atoms with Crippen LogP contribution in [0.15, 0.2) is 77.2 Å². The summed E-state index contributed by atoms with van der Waals surface area (Å²) in [6.07, 6.45) is 1.99. The quantitative estimate of drug-likeness (QED) is 0.399.